The van der Waals surface area contributed by atoms with E-state index in [1.54, 1.807) is 13.8 Å². The summed E-state index contributed by atoms with van der Waals surface area (Å²) in [6, 6.07) is -1.25. The zero-order valence-corrected chi connectivity index (χ0v) is 23.4. The molecule has 0 unspecified atom stereocenters. The number of quaternary nitrogens is 1. The first-order valence-corrected chi connectivity index (χ1v) is 13.7. The molecule has 0 aromatic heterocycles. The monoisotopic (exact) mass is 483 g/mol. The highest BCUT2D eigenvalue weighted by atomic mass is 16.2. The first-order chi connectivity index (χ1) is 16.0. The van der Waals surface area contributed by atoms with Gasteiger partial charge in [0.25, 0.3) is 0 Å². The number of nitrogens with zero attached hydrogens (tertiary/aromatic N) is 2. The third-order valence-electron chi connectivity index (χ3n) is 6.11. The number of carbonyl (C=O) groups excluding carboxylic acids is 3. The van der Waals surface area contributed by atoms with Crippen LogP contribution >= 0.6 is 0 Å². The molecule has 3 amide bonds. The van der Waals surface area contributed by atoms with E-state index in [4.69, 9.17) is 0 Å². The predicted molar refractivity (Wildman–Crippen MR) is 141 cm³/mol. The van der Waals surface area contributed by atoms with Gasteiger partial charge in [-0.25, -0.2) is 0 Å². The van der Waals surface area contributed by atoms with Gasteiger partial charge in [-0.05, 0) is 46.0 Å². The number of carbonyl (C=O) groups is 3. The Morgan fingerprint density at radius 3 is 1.74 bits per heavy atom. The van der Waals surface area contributed by atoms with Gasteiger partial charge in [0.1, 0.15) is 12.1 Å². The van der Waals surface area contributed by atoms with Crippen LogP contribution in [0, 0.1) is 0 Å². The molecule has 34 heavy (non-hydrogen) atoms. The van der Waals surface area contributed by atoms with Crippen molar-refractivity contribution in [3.05, 3.63) is 0 Å². The first-order valence-electron chi connectivity index (χ1n) is 13.7. The normalized spacial score (nSPS) is 13.3. The van der Waals surface area contributed by atoms with Gasteiger partial charge in [-0.3, -0.25) is 14.4 Å². The van der Waals surface area contributed by atoms with Gasteiger partial charge in [0, 0.05) is 19.5 Å². The number of amides is 3. The fourth-order valence-electron chi connectivity index (χ4n) is 3.89. The molecular formula is C27H55N4O3+. The molecule has 0 aliphatic carbocycles. The van der Waals surface area contributed by atoms with Crippen LogP contribution in [-0.2, 0) is 14.4 Å². The smallest absolute Gasteiger partial charge is 0.244 e. The van der Waals surface area contributed by atoms with E-state index in [1.165, 1.54) is 12.8 Å². The van der Waals surface area contributed by atoms with Crippen molar-refractivity contribution in [3.8, 4) is 0 Å². The second-order valence-electron chi connectivity index (χ2n) is 10.8. The van der Waals surface area contributed by atoms with Crippen molar-refractivity contribution in [3.63, 3.8) is 0 Å². The van der Waals surface area contributed by atoms with Crippen molar-refractivity contribution in [2.75, 3.05) is 40.8 Å². The predicted octanol–water partition coefficient (Wildman–Crippen LogP) is 4.25. The van der Waals surface area contributed by atoms with Crippen molar-refractivity contribution < 1.29 is 18.9 Å². The average Bonchev–Trinajstić information content (AvgIpc) is 2.76. The maximum absolute atomic E-state index is 13.0. The lowest BCUT2D eigenvalue weighted by molar-refractivity contribution is -0.870. The minimum atomic E-state index is -0.656. The van der Waals surface area contributed by atoms with E-state index >= 15 is 0 Å². The zero-order valence-electron chi connectivity index (χ0n) is 23.4. The Labute approximate surface area is 210 Å². The van der Waals surface area contributed by atoms with E-state index in [0.29, 0.717) is 6.42 Å². The van der Waals surface area contributed by atoms with Gasteiger partial charge in [0.15, 0.2) is 0 Å². The highest BCUT2D eigenvalue weighted by Gasteiger charge is 2.24. The fraction of sp³-hybridized carbons (Fsp3) is 0.889. The molecule has 0 aromatic carbocycles. The highest BCUT2D eigenvalue weighted by molar-refractivity contribution is 5.91. The van der Waals surface area contributed by atoms with Gasteiger partial charge in [-0.1, -0.05) is 52.4 Å². The number of rotatable bonds is 20. The largest absolute Gasteiger partial charge is 0.345 e. The van der Waals surface area contributed by atoms with Crippen LogP contribution in [0.2, 0.25) is 0 Å². The Bertz CT molecular complexity index is 563. The molecule has 0 saturated carbocycles. The Hall–Kier alpha value is -1.63. The Kier molecular flexibility index (Phi) is 17.8. The molecule has 0 aromatic rings. The van der Waals surface area contributed by atoms with Gasteiger partial charge in [0.2, 0.25) is 17.7 Å². The third kappa shape index (κ3) is 16.9. The van der Waals surface area contributed by atoms with Crippen LogP contribution in [0.25, 0.3) is 0 Å². The molecule has 0 saturated heterocycles. The number of unbranched alkanes of at least 4 members (excludes halogenated alkanes) is 8. The standard InChI is InChI=1S/C27H54N4O3/c1-8-10-12-16-20-30(21-17-13-11-9-2)27(34)24(4)29-26(33)23(3)28-25(32)19-15-14-18-22-31(5,6)7/h23-24H,8-22H2,1-7H3,(H-,28,29,32,33)/p+1/t23-,24-/m0/s1. The maximum atomic E-state index is 13.0. The number of hydrogen-bond acceptors (Lipinski definition) is 3. The third-order valence-corrected chi connectivity index (χ3v) is 6.11. The highest BCUT2D eigenvalue weighted by Crippen LogP contribution is 2.08. The van der Waals surface area contributed by atoms with Crippen LogP contribution in [0.4, 0.5) is 0 Å². The second kappa shape index (κ2) is 18.7. The van der Waals surface area contributed by atoms with E-state index in [1.807, 2.05) is 4.90 Å². The minimum Gasteiger partial charge on any atom is -0.345 e. The molecule has 0 aliphatic heterocycles. The quantitative estimate of drug-likeness (QED) is 0.201. The number of nitrogens with one attached hydrogen (secondary N) is 2. The summed E-state index contributed by atoms with van der Waals surface area (Å²) < 4.78 is 0.926. The Balaban J connectivity index is 4.52. The van der Waals surface area contributed by atoms with E-state index in [0.717, 1.165) is 81.9 Å². The van der Waals surface area contributed by atoms with Crippen LogP contribution in [0.5, 0.6) is 0 Å². The molecule has 0 aliphatic rings. The summed E-state index contributed by atoms with van der Waals surface area (Å²) in [5.41, 5.74) is 0. The van der Waals surface area contributed by atoms with Crippen LogP contribution < -0.4 is 10.6 Å². The van der Waals surface area contributed by atoms with Crippen molar-refractivity contribution in [2.45, 2.75) is 117 Å². The van der Waals surface area contributed by atoms with Crippen LogP contribution in [0.1, 0.15) is 105 Å². The summed E-state index contributed by atoms with van der Waals surface area (Å²) in [5.74, 6) is -0.450. The van der Waals surface area contributed by atoms with Crippen molar-refractivity contribution in [1.82, 2.24) is 15.5 Å². The van der Waals surface area contributed by atoms with Gasteiger partial charge in [-0.2, -0.15) is 0 Å². The molecule has 0 rings (SSSR count). The van der Waals surface area contributed by atoms with Gasteiger partial charge < -0.3 is 20.0 Å². The first kappa shape index (κ1) is 32.4. The van der Waals surface area contributed by atoms with E-state index in [2.05, 4.69) is 45.6 Å². The number of hydrogen-bond donors (Lipinski definition) is 2. The van der Waals surface area contributed by atoms with Crippen LogP contribution in [-0.4, -0.2) is 80.0 Å². The fourth-order valence-corrected chi connectivity index (χ4v) is 3.89. The molecular weight excluding hydrogens is 428 g/mol. The van der Waals surface area contributed by atoms with E-state index in [9.17, 15) is 14.4 Å². The second-order valence-corrected chi connectivity index (χ2v) is 10.8. The molecule has 7 heteroatoms. The average molecular weight is 484 g/mol. The molecule has 7 nitrogen and oxygen atoms in total. The molecule has 0 bridgehead atoms. The topological polar surface area (TPSA) is 78.5 Å². The molecule has 2 N–H and O–H groups in total. The summed E-state index contributed by atoms with van der Waals surface area (Å²) in [6.07, 6.45) is 12.2. The van der Waals surface area contributed by atoms with Crippen LogP contribution in [0.3, 0.4) is 0 Å². The molecule has 200 valence electrons. The van der Waals surface area contributed by atoms with E-state index in [-0.39, 0.29) is 17.7 Å². The molecule has 0 fully saturated rings. The lowest BCUT2D eigenvalue weighted by atomic mass is 10.1. The van der Waals surface area contributed by atoms with Crippen molar-refractivity contribution in [2.24, 2.45) is 0 Å². The lowest BCUT2D eigenvalue weighted by Crippen LogP contribution is -2.52. The molecule has 2 atom stereocenters. The summed E-state index contributed by atoms with van der Waals surface area (Å²) in [7, 11) is 6.49. The van der Waals surface area contributed by atoms with Crippen LogP contribution in [0.15, 0.2) is 0 Å². The lowest BCUT2D eigenvalue weighted by Gasteiger charge is -2.27. The van der Waals surface area contributed by atoms with Gasteiger partial charge >= 0.3 is 0 Å². The summed E-state index contributed by atoms with van der Waals surface area (Å²) in [4.78, 5) is 39.8. The van der Waals surface area contributed by atoms with Gasteiger partial charge in [0.05, 0.1) is 27.7 Å². The zero-order chi connectivity index (χ0) is 26.0. The Morgan fingerprint density at radius 1 is 0.706 bits per heavy atom. The SMILES string of the molecule is CCCCCCN(CCCCCC)C(=O)[C@H](C)NC(=O)[C@H](C)NC(=O)CCCCC[N+](C)(C)C. The summed E-state index contributed by atoms with van der Waals surface area (Å²) >= 11 is 0. The van der Waals surface area contributed by atoms with Gasteiger partial charge in [-0.15, -0.1) is 0 Å². The maximum Gasteiger partial charge on any atom is 0.244 e. The van der Waals surface area contributed by atoms with Crippen molar-refractivity contribution >= 4 is 17.7 Å². The summed E-state index contributed by atoms with van der Waals surface area (Å²) in [5, 5.41) is 5.59. The summed E-state index contributed by atoms with van der Waals surface area (Å²) in [6.45, 7) is 10.3. The molecule has 0 spiro atoms. The molecule has 0 radical (unpaired) electrons. The Morgan fingerprint density at radius 2 is 1.24 bits per heavy atom. The van der Waals surface area contributed by atoms with Crippen molar-refractivity contribution in [1.29, 1.82) is 0 Å². The minimum absolute atomic E-state index is 0.0304. The molecule has 0 heterocycles. The van der Waals surface area contributed by atoms with E-state index < -0.39 is 12.1 Å².